The first-order valence-electron chi connectivity index (χ1n) is 16.5. The highest BCUT2D eigenvalue weighted by Crippen LogP contribution is 2.32. The van der Waals surface area contributed by atoms with Crippen molar-refractivity contribution in [2.24, 2.45) is 0 Å². The zero-order chi connectivity index (χ0) is 35.9. The number of ether oxygens (including phenoxy) is 1. The average molecular weight is 692 g/mol. The molecule has 6 aromatic rings. The Morgan fingerprint density at radius 3 is 2.53 bits per heavy atom. The molecule has 0 radical (unpaired) electrons. The van der Waals surface area contributed by atoms with Crippen molar-refractivity contribution >= 4 is 22.6 Å². The number of imidazole rings is 1. The number of pyridine rings is 2. The fraction of sp³-hybridized carbons (Fsp3) is 0.289. The molecule has 1 atom stereocenters. The molecule has 1 unspecified atom stereocenters. The number of H-pyrrole nitrogens is 1. The summed E-state index contributed by atoms with van der Waals surface area (Å²) in [7, 11) is 0. The third kappa shape index (κ3) is 7.01. The zero-order valence-electron chi connectivity index (χ0n) is 28.3. The number of aromatic amines is 1. The van der Waals surface area contributed by atoms with Crippen LogP contribution in [0.25, 0.3) is 27.8 Å². The van der Waals surface area contributed by atoms with Gasteiger partial charge >= 0.3 is 5.69 Å². The number of aryl methyl sites for hydroxylation is 3. The summed E-state index contributed by atoms with van der Waals surface area (Å²) in [6.07, 6.45) is 2.25. The number of halogens is 2. The minimum atomic E-state index is -1.25. The van der Waals surface area contributed by atoms with Gasteiger partial charge in [-0.1, -0.05) is 5.92 Å². The summed E-state index contributed by atoms with van der Waals surface area (Å²) in [6.45, 7) is 6.41. The van der Waals surface area contributed by atoms with Gasteiger partial charge in [-0.25, -0.2) is 33.0 Å². The summed E-state index contributed by atoms with van der Waals surface area (Å²) < 4.78 is 37.5. The molecule has 0 aliphatic carbocycles. The maximum absolute atomic E-state index is 14.5. The molecule has 1 aliphatic rings. The van der Waals surface area contributed by atoms with Gasteiger partial charge in [-0.2, -0.15) is 5.10 Å². The molecule has 3 N–H and O–H groups in total. The van der Waals surface area contributed by atoms with Crippen molar-refractivity contribution in [3.63, 3.8) is 0 Å². The van der Waals surface area contributed by atoms with Gasteiger partial charge in [0.1, 0.15) is 29.5 Å². The Labute approximate surface area is 291 Å². The lowest BCUT2D eigenvalue weighted by atomic mass is 9.93. The number of nitrogens with zero attached hydrogens (tertiary/aromatic N) is 5. The minimum Gasteiger partial charge on any atom is -0.381 e. The first-order chi connectivity index (χ1) is 24.5. The number of hydrogen-bond donors (Lipinski definition) is 3. The van der Waals surface area contributed by atoms with Crippen LogP contribution in [-0.4, -0.2) is 59.0 Å². The lowest BCUT2D eigenvalue weighted by Gasteiger charge is -2.26. The lowest BCUT2D eigenvalue weighted by Crippen LogP contribution is -2.34. The van der Waals surface area contributed by atoms with Crippen LogP contribution in [-0.2, 0) is 22.5 Å². The van der Waals surface area contributed by atoms with E-state index in [1.165, 1.54) is 16.5 Å². The molecule has 4 aromatic heterocycles. The van der Waals surface area contributed by atoms with Gasteiger partial charge in [-0.05, 0) is 98.3 Å². The van der Waals surface area contributed by atoms with Crippen LogP contribution in [0.5, 0.6) is 0 Å². The molecule has 2 aromatic carbocycles. The van der Waals surface area contributed by atoms with Gasteiger partial charge in [0.25, 0.3) is 0 Å². The third-order valence-electron chi connectivity index (χ3n) is 9.36. The number of aromatic nitrogens is 6. The molecule has 0 saturated carbocycles. The van der Waals surface area contributed by atoms with Crippen molar-refractivity contribution in [1.82, 2.24) is 34.4 Å². The van der Waals surface area contributed by atoms with Crippen LogP contribution in [0, 0.1) is 44.2 Å². The van der Waals surface area contributed by atoms with Crippen molar-refractivity contribution in [3.8, 4) is 23.0 Å². The van der Waals surface area contributed by atoms with Crippen LogP contribution >= 0.6 is 0 Å². The number of carbonyl (C=O) groups is 1. The van der Waals surface area contributed by atoms with Gasteiger partial charge in [0.2, 0.25) is 5.91 Å². The van der Waals surface area contributed by atoms with Crippen LogP contribution in [0.4, 0.5) is 8.78 Å². The summed E-state index contributed by atoms with van der Waals surface area (Å²) in [5.74, 6) is 4.03. The van der Waals surface area contributed by atoms with Gasteiger partial charge in [0.15, 0.2) is 5.65 Å². The van der Waals surface area contributed by atoms with E-state index in [2.05, 4.69) is 32.3 Å². The second kappa shape index (κ2) is 13.5. The van der Waals surface area contributed by atoms with Gasteiger partial charge < -0.3 is 19.7 Å². The fourth-order valence-electron chi connectivity index (χ4n) is 6.50. The first-order valence-corrected chi connectivity index (χ1v) is 16.5. The van der Waals surface area contributed by atoms with Crippen LogP contribution < -0.4 is 11.0 Å². The standard InChI is InChI=1S/C38H35F2N7O4/c1-22-14-31-33(15-23(22)2)46(21-41-31)20-35(48)43-32(18-25-16-26(39)19-27(40)17-25)36-30(29-6-7-34-44-45-37(49)47(34)24(29)3)5-4-28(42-36)8-9-38(50)10-12-51-13-11-38/h4-7,14-17,19,21,32,50H,10-13,18,20H2,1-3H3,(H,43,48)(H,45,49). The number of hydrogen-bond acceptors (Lipinski definition) is 7. The van der Waals surface area contributed by atoms with Crippen LogP contribution in [0.2, 0.25) is 0 Å². The zero-order valence-corrected chi connectivity index (χ0v) is 28.3. The Balaban J connectivity index is 1.35. The van der Waals surface area contributed by atoms with Gasteiger partial charge in [-0.15, -0.1) is 0 Å². The molecule has 260 valence electrons. The maximum atomic E-state index is 14.5. The van der Waals surface area contributed by atoms with Gasteiger partial charge in [0, 0.05) is 35.7 Å². The minimum absolute atomic E-state index is 0.0332. The number of carbonyl (C=O) groups excluding carboxylic acids is 1. The molecular formula is C38H35F2N7O4. The topological polar surface area (TPSA) is 139 Å². The fourth-order valence-corrected chi connectivity index (χ4v) is 6.50. The van der Waals surface area contributed by atoms with E-state index in [1.54, 1.807) is 42.1 Å². The smallest absolute Gasteiger partial charge is 0.347 e. The van der Waals surface area contributed by atoms with Crippen molar-refractivity contribution in [1.29, 1.82) is 0 Å². The van der Waals surface area contributed by atoms with E-state index in [0.29, 0.717) is 59.9 Å². The van der Waals surface area contributed by atoms with E-state index < -0.39 is 34.9 Å². The Bertz CT molecular complexity index is 2410. The Hall–Kier alpha value is -5.71. The number of aliphatic hydroxyl groups is 1. The Morgan fingerprint density at radius 1 is 1.04 bits per heavy atom. The Morgan fingerprint density at radius 2 is 1.76 bits per heavy atom. The summed E-state index contributed by atoms with van der Waals surface area (Å²) in [4.78, 5) is 36.0. The molecule has 51 heavy (non-hydrogen) atoms. The summed E-state index contributed by atoms with van der Waals surface area (Å²) in [6, 6.07) is 13.2. The Kier molecular flexibility index (Phi) is 8.97. The second-order valence-electron chi connectivity index (χ2n) is 13.0. The first kappa shape index (κ1) is 33.8. The number of benzene rings is 2. The molecule has 1 aliphatic heterocycles. The SMILES string of the molecule is Cc1cc2ncn(CC(=O)NC(Cc3cc(F)cc(F)c3)c3nc(C#CC4(O)CCOCC4)ccc3-c3ccc4n[nH]c(=O)n4c3C)c2cc1C. The monoisotopic (exact) mass is 691 g/mol. The van der Waals surface area contributed by atoms with E-state index in [-0.39, 0.29) is 18.5 Å². The molecule has 7 rings (SSSR count). The molecule has 11 nitrogen and oxygen atoms in total. The highest BCUT2D eigenvalue weighted by atomic mass is 19.1. The molecule has 0 spiro atoms. The van der Waals surface area contributed by atoms with E-state index in [1.807, 2.05) is 26.0 Å². The lowest BCUT2D eigenvalue weighted by molar-refractivity contribution is -0.122. The molecule has 1 amide bonds. The summed E-state index contributed by atoms with van der Waals surface area (Å²) >= 11 is 0. The van der Waals surface area contributed by atoms with Crippen molar-refractivity contribution in [2.75, 3.05) is 13.2 Å². The summed E-state index contributed by atoms with van der Waals surface area (Å²) in [5.41, 5.74) is 5.08. The van der Waals surface area contributed by atoms with Crippen molar-refractivity contribution in [3.05, 3.63) is 117 Å². The molecule has 1 saturated heterocycles. The predicted molar refractivity (Wildman–Crippen MR) is 186 cm³/mol. The number of nitrogens with one attached hydrogen (secondary N) is 2. The quantitative estimate of drug-likeness (QED) is 0.208. The largest absolute Gasteiger partial charge is 0.381 e. The van der Waals surface area contributed by atoms with E-state index in [9.17, 15) is 23.5 Å². The van der Waals surface area contributed by atoms with Crippen molar-refractivity contribution in [2.45, 2.75) is 58.2 Å². The molecular weight excluding hydrogens is 656 g/mol. The van der Waals surface area contributed by atoms with E-state index >= 15 is 0 Å². The molecule has 13 heteroatoms. The van der Waals surface area contributed by atoms with Crippen LogP contribution in [0.15, 0.2) is 65.7 Å². The predicted octanol–water partition coefficient (Wildman–Crippen LogP) is 4.63. The summed E-state index contributed by atoms with van der Waals surface area (Å²) in [5, 5.41) is 20.6. The number of rotatable bonds is 7. The second-order valence-corrected chi connectivity index (χ2v) is 13.0. The molecule has 0 bridgehead atoms. The highest BCUT2D eigenvalue weighted by molar-refractivity contribution is 5.82. The van der Waals surface area contributed by atoms with E-state index in [4.69, 9.17) is 9.72 Å². The molecule has 5 heterocycles. The number of fused-ring (bicyclic) bond motifs is 2. The van der Waals surface area contributed by atoms with Gasteiger partial charge in [0.05, 0.1) is 42.3 Å². The number of amides is 1. The van der Waals surface area contributed by atoms with Crippen LogP contribution in [0.3, 0.4) is 0 Å². The average Bonchev–Trinajstić information content (AvgIpc) is 3.66. The van der Waals surface area contributed by atoms with E-state index in [0.717, 1.165) is 28.2 Å². The van der Waals surface area contributed by atoms with Crippen LogP contribution in [0.1, 0.15) is 52.7 Å². The third-order valence-corrected chi connectivity index (χ3v) is 9.36. The maximum Gasteiger partial charge on any atom is 0.347 e. The van der Waals surface area contributed by atoms with Gasteiger partial charge in [-0.3, -0.25) is 4.79 Å². The van der Waals surface area contributed by atoms with Crippen molar-refractivity contribution < 1.29 is 23.4 Å². The molecule has 1 fully saturated rings. The normalized spacial score (nSPS) is 14.7. The highest BCUT2D eigenvalue weighted by Gasteiger charge is 2.28.